The lowest BCUT2D eigenvalue weighted by atomic mass is 10.4. The molecule has 0 saturated heterocycles. The number of hydrogen-bond acceptors (Lipinski definition) is 6. The summed E-state index contributed by atoms with van der Waals surface area (Å²) in [5, 5.41) is 0. The van der Waals surface area contributed by atoms with Gasteiger partial charge in [-0.1, -0.05) is 6.58 Å². The van der Waals surface area contributed by atoms with Gasteiger partial charge < -0.3 is 14.2 Å². The molecule has 0 aromatic rings. The van der Waals surface area contributed by atoms with Crippen LogP contribution in [0.5, 0.6) is 0 Å². The first-order chi connectivity index (χ1) is 7.10. The Labute approximate surface area is 86.8 Å². The third-order valence-corrected chi connectivity index (χ3v) is 1.27. The Hall–Kier alpha value is -1.85. The van der Waals surface area contributed by atoms with Gasteiger partial charge in [-0.3, -0.25) is 9.59 Å². The lowest BCUT2D eigenvalue weighted by Crippen LogP contribution is -2.16. The molecule has 6 heteroatoms. The predicted molar refractivity (Wildman–Crippen MR) is 48.7 cm³/mol. The maximum absolute atomic E-state index is 10.8. The molecule has 0 aromatic carbocycles. The summed E-state index contributed by atoms with van der Waals surface area (Å²) in [6, 6.07) is 0. The van der Waals surface area contributed by atoms with Crippen LogP contribution in [0.2, 0.25) is 0 Å². The van der Waals surface area contributed by atoms with E-state index in [2.05, 4.69) is 20.8 Å². The first-order valence-electron chi connectivity index (χ1n) is 4.11. The smallest absolute Gasteiger partial charge is 0.330 e. The highest BCUT2D eigenvalue weighted by atomic mass is 16.6. The van der Waals surface area contributed by atoms with Gasteiger partial charge in [0.1, 0.15) is 19.6 Å². The molecular formula is C9H12O6. The van der Waals surface area contributed by atoms with Crippen LogP contribution in [-0.2, 0) is 28.6 Å². The zero-order valence-electron chi connectivity index (χ0n) is 8.36. The second-order valence-corrected chi connectivity index (χ2v) is 2.35. The first-order valence-corrected chi connectivity index (χ1v) is 4.11. The molecule has 0 amide bonds. The molecule has 0 heterocycles. The van der Waals surface area contributed by atoms with E-state index in [9.17, 15) is 14.4 Å². The summed E-state index contributed by atoms with van der Waals surface area (Å²) >= 11 is 0. The van der Waals surface area contributed by atoms with Crippen LogP contribution >= 0.6 is 0 Å². The van der Waals surface area contributed by atoms with E-state index in [-0.39, 0.29) is 13.2 Å². The van der Waals surface area contributed by atoms with Crippen LogP contribution in [0.3, 0.4) is 0 Å². The Morgan fingerprint density at radius 1 is 1.13 bits per heavy atom. The van der Waals surface area contributed by atoms with Crippen LogP contribution in [0.25, 0.3) is 0 Å². The number of hydrogen-bond donors (Lipinski definition) is 0. The monoisotopic (exact) mass is 216 g/mol. The predicted octanol–water partition coefficient (Wildman–Crippen LogP) is -0.178. The average Bonchev–Trinajstić information content (AvgIpc) is 2.23. The Morgan fingerprint density at radius 2 is 1.73 bits per heavy atom. The van der Waals surface area contributed by atoms with Crippen LogP contribution in [0, 0.1) is 0 Å². The first kappa shape index (κ1) is 13.2. The van der Waals surface area contributed by atoms with Gasteiger partial charge in [-0.15, -0.1) is 0 Å². The van der Waals surface area contributed by atoms with E-state index >= 15 is 0 Å². The van der Waals surface area contributed by atoms with Gasteiger partial charge in [-0.05, 0) is 0 Å². The summed E-state index contributed by atoms with van der Waals surface area (Å²) in [4.78, 5) is 32.0. The highest BCUT2D eigenvalue weighted by molar-refractivity contribution is 5.91. The van der Waals surface area contributed by atoms with E-state index in [1.165, 1.54) is 7.11 Å². The van der Waals surface area contributed by atoms with Gasteiger partial charge in [-0.25, -0.2) is 4.79 Å². The molecule has 0 aliphatic carbocycles. The molecule has 0 aromatic heterocycles. The standard InChI is InChI=1S/C9H12O6/c1-3-7(10)14-4-5-15-9(12)6-8(11)13-2/h3H,1,4-6H2,2H3. The van der Waals surface area contributed by atoms with Gasteiger partial charge in [0, 0.05) is 6.08 Å². The van der Waals surface area contributed by atoms with Crippen molar-refractivity contribution in [3.63, 3.8) is 0 Å². The second kappa shape index (κ2) is 7.54. The molecule has 0 saturated carbocycles. The summed E-state index contributed by atoms with van der Waals surface area (Å²) in [5.41, 5.74) is 0. The maximum Gasteiger partial charge on any atom is 0.330 e. The molecule has 0 fully saturated rings. The van der Waals surface area contributed by atoms with Gasteiger partial charge in [0.05, 0.1) is 7.11 Å². The lowest BCUT2D eigenvalue weighted by molar-refractivity contribution is -0.156. The fraction of sp³-hybridized carbons (Fsp3) is 0.444. The molecular weight excluding hydrogens is 204 g/mol. The van der Waals surface area contributed by atoms with Gasteiger partial charge in [-0.2, -0.15) is 0 Å². The molecule has 84 valence electrons. The maximum atomic E-state index is 10.8. The van der Waals surface area contributed by atoms with Gasteiger partial charge >= 0.3 is 17.9 Å². The zero-order chi connectivity index (χ0) is 11.7. The summed E-state index contributed by atoms with van der Waals surface area (Å²) in [6.45, 7) is 3.01. The molecule has 0 bridgehead atoms. The number of methoxy groups -OCH3 is 1. The van der Waals surface area contributed by atoms with Crippen molar-refractivity contribution in [1.29, 1.82) is 0 Å². The van der Waals surface area contributed by atoms with Crippen molar-refractivity contribution in [2.45, 2.75) is 6.42 Å². The fourth-order valence-corrected chi connectivity index (χ4v) is 0.598. The molecule has 15 heavy (non-hydrogen) atoms. The van der Waals surface area contributed by atoms with Crippen LogP contribution in [0.1, 0.15) is 6.42 Å². The Balaban J connectivity index is 3.51. The van der Waals surface area contributed by atoms with E-state index in [0.29, 0.717) is 0 Å². The SMILES string of the molecule is C=CC(=O)OCCOC(=O)CC(=O)OC. The minimum absolute atomic E-state index is 0.0717. The average molecular weight is 216 g/mol. The third kappa shape index (κ3) is 7.24. The number of carbonyl (C=O) groups excluding carboxylic acids is 3. The van der Waals surface area contributed by atoms with Crippen LogP contribution in [-0.4, -0.2) is 38.2 Å². The quantitative estimate of drug-likeness (QED) is 0.201. The Kier molecular flexibility index (Phi) is 6.61. The molecule has 0 N–H and O–H groups in total. The fourth-order valence-electron chi connectivity index (χ4n) is 0.598. The molecule has 0 radical (unpaired) electrons. The molecule has 0 unspecified atom stereocenters. The third-order valence-electron chi connectivity index (χ3n) is 1.27. The van der Waals surface area contributed by atoms with Crippen molar-refractivity contribution in [3.8, 4) is 0 Å². The Morgan fingerprint density at radius 3 is 2.27 bits per heavy atom. The van der Waals surface area contributed by atoms with Gasteiger partial charge in [0.15, 0.2) is 0 Å². The summed E-state index contributed by atoms with van der Waals surface area (Å²) in [7, 11) is 1.17. The van der Waals surface area contributed by atoms with Crippen LogP contribution < -0.4 is 0 Å². The molecule has 6 nitrogen and oxygen atoms in total. The molecule has 0 aliphatic heterocycles. The van der Waals surface area contributed by atoms with Crippen molar-refractivity contribution < 1.29 is 28.6 Å². The van der Waals surface area contributed by atoms with E-state index in [1.54, 1.807) is 0 Å². The van der Waals surface area contributed by atoms with Crippen molar-refractivity contribution in [1.82, 2.24) is 0 Å². The van der Waals surface area contributed by atoms with Crippen LogP contribution in [0.15, 0.2) is 12.7 Å². The largest absolute Gasteiger partial charge is 0.469 e. The van der Waals surface area contributed by atoms with Gasteiger partial charge in [0.25, 0.3) is 0 Å². The lowest BCUT2D eigenvalue weighted by Gasteiger charge is -2.03. The molecule has 0 atom stereocenters. The highest BCUT2D eigenvalue weighted by Crippen LogP contribution is 1.90. The second-order valence-electron chi connectivity index (χ2n) is 2.35. The van der Waals surface area contributed by atoms with E-state index < -0.39 is 24.3 Å². The number of carbonyl (C=O) groups is 3. The van der Waals surface area contributed by atoms with Crippen LogP contribution in [0.4, 0.5) is 0 Å². The Bertz CT molecular complexity index is 257. The topological polar surface area (TPSA) is 78.9 Å². The van der Waals surface area contributed by atoms with Crippen molar-refractivity contribution >= 4 is 17.9 Å². The van der Waals surface area contributed by atoms with E-state index in [1.807, 2.05) is 0 Å². The number of rotatable bonds is 6. The van der Waals surface area contributed by atoms with Crippen molar-refractivity contribution in [3.05, 3.63) is 12.7 Å². The van der Waals surface area contributed by atoms with Crippen molar-refractivity contribution in [2.75, 3.05) is 20.3 Å². The molecule has 0 rings (SSSR count). The summed E-state index contributed by atoms with van der Waals surface area (Å²) in [5.74, 6) is -2.00. The highest BCUT2D eigenvalue weighted by Gasteiger charge is 2.10. The summed E-state index contributed by atoms with van der Waals surface area (Å²) in [6.07, 6.45) is 0.544. The zero-order valence-corrected chi connectivity index (χ0v) is 8.36. The van der Waals surface area contributed by atoms with Crippen molar-refractivity contribution in [2.24, 2.45) is 0 Å². The molecule has 0 spiro atoms. The summed E-state index contributed by atoms with van der Waals surface area (Å²) < 4.78 is 13.3. The number of ether oxygens (including phenoxy) is 3. The molecule has 0 aliphatic rings. The van der Waals surface area contributed by atoms with Gasteiger partial charge in [0.2, 0.25) is 0 Å². The van der Waals surface area contributed by atoms with E-state index in [4.69, 9.17) is 0 Å². The van der Waals surface area contributed by atoms with E-state index in [0.717, 1.165) is 6.08 Å². The number of esters is 3. The normalized spacial score (nSPS) is 8.87. The minimum Gasteiger partial charge on any atom is -0.469 e. The minimum atomic E-state index is -0.725.